The minimum atomic E-state index is -4.54. The van der Waals surface area contributed by atoms with E-state index in [1.165, 1.54) is 17.7 Å². The summed E-state index contributed by atoms with van der Waals surface area (Å²) in [6, 6.07) is 2.65. The zero-order valence-corrected chi connectivity index (χ0v) is 12.8. The highest BCUT2D eigenvalue weighted by Crippen LogP contribution is 2.19. The molecule has 1 heterocycles. The Morgan fingerprint density at radius 3 is 2.36 bits per heavy atom. The maximum absolute atomic E-state index is 13.7. The first-order chi connectivity index (χ1) is 10.1. The van der Waals surface area contributed by atoms with E-state index in [-0.39, 0.29) is 11.3 Å². The Bertz CT molecular complexity index is 840. The van der Waals surface area contributed by atoms with Crippen LogP contribution < -0.4 is 4.72 Å². The van der Waals surface area contributed by atoms with Crippen molar-refractivity contribution in [2.75, 3.05) is 0 Å². The van der Waals surface area contributed by atoms with Gasteiger partial charge in [0.05, 0.1) is 0 Å². The molecule has 0 fully saturated rings. The molecular weight excluding hydrogens is 316 g/mol. The molecule has 0 unspecified atom stereocenters. The van der Waals surface area contributed by atoms with Crippen LogP contribution in [0.3, 0.4) is 0 Å². The number of aryl methyl sites for hydroxylation is 3. The van der Waals surface area contributed by atoms with Gasteiger partial charge in [-0.05, 0) is 37.6 Å². The minimum Gasteiger partial charge on any atom is -0.272 e. The Morgan fingerprint density at radius 2 is 1.82 bits per heavy atom. The summed E-state index contributed by atoms with van der Waals surface area (Å²) in [7, 11) is -2.97. The lowest BCUT2D eigenvalue weighted by atomic mass is 10.2. The first-order valence-corrected chi connectivity index (χ1v) is 7.63. The van der Waals surface area contributed by atoms with E-state index in [4.69, 9.17) is 0 Å². The Hall–Kier alpha value is -2.29. The predicted octanol–water partition coefficient (Wildman–Crippen LogP) is 1.43. The van der Waals surface area contributed by atoms with E-state index >= 15 is 0 Å². The van der Waals surface area contributed by atoms with Crippen molar-refractivity contribution in [3.63, 3.8) is 0 Å². The van der Waals surface area contributed by atoms with Crippen LogP contribution in [0.2, 0.25) is 0 Å². The summed E-state index contributed by atoms with van der Waals surface area (Å²) < 4.78 is 54.3. The maximum atomic E-state index is 13.7. The molecule has 0 spiro atoms. The van der Waals surface area contributed by atoms with E-state index in [0.29, 0.717) is 11.8 Å². The number of rotatable bonds is 3. The van der Waals surface area contributed by atoms with E-state index < -0.39 is 32.5 Å². The van der Waals surface area contributed by atoms with Gasteiger partial charge < -0.3 is 0 Å². The van der Waals surface area contributed by atoms with Gasteiger partial charge in [0.15, 0.2) is 5.69 Å². The molecule has 0 aliphatic carbocycles. The summed E-state index contributed by atoms with van der Waals surface area (Å²) in [4.78, 5) is 10.9. The van der Waals surface area contributed by atoms with E-state index in [1.54, 1.807) is 18.7 Å². The van der Waals surface area contributed by atoms with Crippen molar-refractivity contribution in [2.45, 2.75) is 18.7 Å². The topological polar surface area (TPSA) is 81.1 Å². The van der Waals surface area contributed by atoms with E-state index in [0.717, 1.165) is 6.07 Å². The van der Waals surface area contributed by atoms with Gasteiger partial charge in [0.1, 0.15) is 16.5 Å². The molecule has 0 saturated heterocycles. The summed E-state index contributed by atoms with van der Waals surface area (Å²) in [6.45, 7) is 2.97. The van der Waals surface area contributed by atoms with Crippen LogP contribution in [0.15, 0.2) is 23.1 Å². The van der Waals surface area contributed by atoms with Crippen molar-refractivity contribution in [2.24, 2.45) is 7.05 Å². The highest BCUT2D eigenvalue weighted by atomic mass is 32.2. The number of sulfonamides is 1. The van der Waals surface area contributed by atoms with Gasteiger partial charge in [0, 0.05) is 12.7 Å². The summed E-state index contributed by atoms with van der Waals surface area (Å²) in [5.74, 6) is -3.05. The van der Waals surface area contributed by atoms with Crippen molar-refractivity contribution in [1.82, 2.24) is 14.5 Å². The van der Waals surface area contributed by atoms with Gasteiger partial charge in [-0.3, -0.25) is 9.48 Å². The lowest BCUT2D eigenvalue weighted by Crippen LogP contribution is -2.31. The Kier molecular flexibility index (Phi) is 4.01. The second-order valence-corrected chi connectivity index (χ2v) is 6.41. The molecule has 2 rings (SSSR count). The first-order valence-electron chi connectivity index (χ1n) is 6.15. The number of halogens is 2. The summed E-state index contributed by atoms with van der Waals surface area (Å²) in [5, 5.41) is 3.81. The highest BCUT2D eigenvalue weighted by Gasteiger charge is 2.25. The zero-order valence-electron chi connectivity index (χ0n) is 12.0. The second-order valence-electron chi connectivity index (χ2n) is 4.76. The molecule has 0 atom stereocenters. The average molecular weight is 329 g/mol. The van der Waals surface area contributed by atoms with Gasteiger partial charge in [0.2, 0.25) is 0 Å². The fraction of sp³-hybridized carbons (Fsp3) is 0.231. The van der Waals surface area contributed by atoms with E-state index in [1.807, 2.05) is 0 Å². The van der Waals surface area contributed by atoms with E-state index in [9.17, 15) is 22.0 Å². The molecule has 118 valence electrons. The molecule has 2 aromatic rings. The van der Waals surface area contributed by atoms with Crippen molar-refractivity contribution in [3.8, 4) is 0 Å². The van der Waals surface area contributed by atoms with Crippen LogP contribution in [0.1, 0.15) is 21.7 Å². The van der Waals surface area contributed by atoms with Crippen LogP contribution in [0.5, 0.6) is 0 Å². The van der Waals surface area contributed by atoms with Crippen LogP contribution in [0.4, 0.5) is 8.78 Å². The van der Waals surface area contributed by atoms with Gasteiger partial charge in [-0.2, -0.15) is 5.10 Å². The number of nitrogens with zero attached hydrogens (tertiary/aromatic N) is 2. The molecule has 0 bridgehead atoms. The lowest BCUT2D eigenvalue weighted by molar-refractivity contribution is 0.0976. The number of hydrogen-bond acceptors (Lipinski definition) is 4. The number of benzene rings is 1. The monoisotopic (exact) mass is 329 g/mol. The molecule has 6 nitrogen and oxygen atoms in total. The Morgan fingerprint density at radius 1 is 1.18 bits per heavy atom. The molecule has 0 radical (unpaired) electrons. The van der Waals surface area contributed by atoms with Gasteiger partial charge in [-0.25, -0.2) is 21.9 Å². The molecule has 0 saturated carbocycles. The number of amides is 1. The molecule has 0 aliphatic rings. The Balaban J connectivity index is 2.36. The van der Waals surface area contributed by atoms with Crippen molar-refractivity contribution in [3.05, 3.63) is 46.8 Å². The summed E-state index contributed by atoms with van der Waals surface area (Å²) in [5.41, 5.74) is 0.454. The van der Waals surface area contributed by atoms with Crippen LogP contribution in [-0.2, 0) is 17.1 Å². The number of carbonyl (C=O) groups is 1. The fourth-order valence-corrected chi connectivity index (χ4v) is 2.77. The molecule has 0 aliphatic heterocycles. The maximum Gasteiger partial charge on any atom is 0.285 e. The number of aromatic nitrogens is 2. The number of nitrogens with one attached hydrogen (secondary N) is 1. The van der Waals surface area contributed by atoms with Gasteiger partial charge >= 0.3 is 0 Å². The van der Waals surface area contributed by atoms with Crippen molar-refractivity contribution in [1.29, 1.82) is 0 Å². The average Bonchev–Trinajstić information content (AvgIpc) is 2.73. The SMILES string of the molecule is Cc1cc(F)c(S(=O)(=O)NC(=O)c2cc(C)n(C)n2)cc1F. The minimum absolute atomic E-state index is 0.0388. The fourth-order valence-electron chi connectivity index (χ4n) is 1.73. The molecule has 9 heteroatoms. The van der Waals surface area contributed by atoms with Crippen LogP contribution >= 0.6 is 0 Å². The number of carbonyl (C=O) groups excluding carboxylic acids is 1. The molecule has 1 amide bonds. The van der Waals surface area contributed by atoms with Gasteiger partial charge in [-0.15, -0.1) is 0 Å². The van der Waals surface area contributed by atoms with Crippen molar-refractivity contribution >= 4 is 15.9 Å². The lowest BCUT2D eigenvalue weighted by Gasteiger charge is -2.08. The first kappa shape index (κ1) is 16.1. The third kappa shape index (κ3) is 2.98. The summed E-state index contributed by atoms with van der Waals surface area (Å²) in [6.07, 6.45) is 0. The molecular formula is C13H13F2N3O3S. The quantitative estimate of drug-likeness (QED) is 0.924. The standard InChI is InChI=1S/C13H13F2N3O3S/c1-7-4-10(15)12(6-9(7)14)22(20,21)17-13(19)11-5-8(2)18(3)16-11/h4-6H,1-3H3,(H,17,19). The van der Waals surface area contributed by atoms with Gasteiger partial charge in [-0.1, -0.05) is 0 Å². The van der Waals surface area contributed by atoms with Crippen LogP contribution in [0.25, 0.3) is 0 Å². The molecule has 1 N–H and O–H groups in total. The van der Waals surface area contributed by atoms with Crippen LogP contribution in [0, 0.1) is 25.5 Å². The second kappa shape index (κ2) is 5.48. The molecule has 22 heavy (non-hydrogen) atoms. The third-order valence-electron chi connectivity index (χ3n) is 3.08. The third-order valence-corrected chi connectivity index (χ3v) is 4.42. The molecule has 1 aromatic carbocycles. The molecule has 1 aromatic heterocycles. The zero-order chi connectivity index (χ0) is 16.7. The predicted molar refractivity (Wildman–Crippen MR) is 73.7 cm³/mol. The summed E-state index contributed by atoms with van der Waals surface area (Å²) >= 11 is 0. The number of hydrogen-bond donors (Lipinski definition) is 1. The Labute approximate surface area is 125 Å². The van der Waals surface area contributed by atoms with Gasteiger partial charge in [0.25, 0.3) is 15.9 Å². The van der Waals surface area contributed by atoms with E-state index in [2.05, 4.69) is 5.10 Å². The van der Waals surface area contributed by atoms with Crippen molar-refractivity contribution < 1.29 is 22.0 Å². The van der Waals surface area contributed by atoms with Crippen LogP contribution in [-0.4, -0.2) is 24.1 Å². The normalized spacial score (nSPS) is 11.5. The smallest absolute Gasteiger partial charge is 0.272 e. The largest absolute Gasteiger partial charge is 0.285 e. The highest BCUT2D eigenvalue weighted by molar-refractivity contribution is 7.90.